The van der Waals surface area contributed by atoms with E-state index in [-0.39, 0.29) is 24.5 Å². The molecule has 2 amide bonds. The summed E-state index contributed by atoms with van der Waals surface area (Å²) >= 11 is 0. The molecule has 174 valence electrons. The first-order valence-corrected chi connectivity index (χ1v) is 11.1. The minimum atomic E-state index is -0.259. The molecule has 1 aromatic carbocycles. The van der Waals surface area contributed by atoms with Crippen LogP contribution in [-0.4, -0.2) is 75.8 Å². The van der Waals surface area contributed by atoms with Crippen LogP contribution in [0.4, 0.5) is 0 Å². The molecular weight excluding hydrogens is 410 g/mol. The quantitative estimate of drug-likeness (QED) is 0.558. The lowest BCUT2D eigenvalue weighted by molar-refractivity contribution is -0.139. The number of aryl methyl sites for hydroxylation is 1. The molecule has 0 saturated carbocycles. The number of hydrogen-bond acceptors (Lipinski definition) is 6. The molecule has 0 bridgehead atoms. The fraction of sp³-hybridized carbons (Fsp3) is 0.565. The molecule has 1 aliphatic rings. The molecule has 1 atom stereocenters. The number of carbonyl (C=O) groups is 2. The first-order valence-electron chi connectivity index (χ1n) is 11.1. The summed E-state index contributed by atoms with van der Waals surface area (Å²) in [4.78, 5) is 33.1. The van der Waals surface area contributed by atoms with Crippen LogP contribution < -0.4 is 4.74 Å². The van der Waals surface area contributed by atoms with Gasteiger partial charge in [-0.3, -0.25) is 14.3 Å². The zero-order valence-corrected chi connectivity index (χ0v) is 19.1. The van der Waals surface area contributed by atoms with Gasteiger partial charge in [0.05, 0.1) is 26.4 Å². The normalized spacial score (nSPS) is 17.0. The molecular formula is C23H33N5O4. The van der Waals surface area contributed by atoms with Crippen LogP contribution in [-0.2, 0) is 27.5 Å². The highest BCUT2D eigenvalue weighted by Crippen LogP contribution is 2.17. The number of ether oxygens (including phenoxy) is 2. The molecule has 9 nitrogen and oxygen atoms in total. The van der Waals surface area contributed by atoms with Crippen LogP contribution in [0.3, 0.4) is 0 Å². The van der Waals surface area contributed by atoms with Gasteiger partial charge < -0.3 is 19.3 Å². The summed E-state index contributed by atoms with van der Waals surface area (Å²) in [6.45, 7) is 6.77. The van der Waals surface area contributed by atoms with Gasteiger partial charge in [-0.25, -0.2) is 4.98 Å². The van der Waals surface area contributed by atoms with Crippen molar-refractivity contribution in [3.63, 3.8) is 0 Å². The number of hydrogen-bond donors (Lipinski definition) is 0. The van der Waals surface area contributed by atoms with Crippen LogP contribution in [0, 0.1) is 5.92 Å². The Morgan fingerprint density at radius 3 is 2.84 bits per heavy atom. The number of methoxy groups -OCH3 is 1. The average Bonchev–Trinajstić information content (AvgIpc) is 3.24. The molecule has 1 fully saturated rings. The van der Waals surface area contributed by atoms with Crippen LogP contribution >= 0.6 is 0 Å². The summed E-state index contributed by atoms with van der Waals surface area (Å²) < 4.78 is 13.2. The summed E-state index contributed by atoms with van der Waals surface area (Å²) in [7, 11) is 1.63. The molecule has 0 aliphatic carbocycles. The fourth-order valence-corrected chi connectivity index (χ4v) is 3.77. The van der Waals surface area contributed by atoms with Gasteiger partial charge in [0.15, 0.2) is 0 Å². The molecule has 0 spiro atoms. The minimum absolute atomic E-state index is 0.0317. The van der Waals surface area contributed by atoms with E-state index in [0.717, 1.165) is 11.3 Å². The van der Waals surface area contributed by atoms with Gasteiger partial charge in [-0.1, -0.05) is 26.0 Å². The zero-order chi connectivity index (χ0) is 22.9. The Morgan fingerprint density at radius 2 is 2.12 bits per heavy atom. The third kappa shape index (κ3) is 7.05. The van der Waals surface area contributed by atoms with Crippen LogP contribution in [0.2, 0.25) is 0 Å². The molecule has 0 radical (unpaired) electrons. The molecule has 1 saturated heterocycles. The van der Waals surface area contributed by atoms with Crippen LogP contribution in [0.5, 0.6) is 5.75 Å². The third-order valence-electron chi connectivity index (χ3n) is 5.33. The maximum Gasteiger partial charge on any atom is 0.242 e. The first kappa shape index (κ1) is 23.7. The van der Waals surface area contributed by atoms with Gasteiger partial charge in [-0.15, -0.1) is 0 Å². The second kappa shape index (κ2) is 11.6. The van der Waals surface area contributed by atoms with E-state index in [1.165, 1.54) is 6.33 Å². The predicted molar refractivity (Wildman–Crippen MR) is 119 cm³/mol. The molecule has 1 aliphatic heterocycles. The summed E-state index contributed by atoms with van der Waals surface area (Å²) in [6, 6.07) is 7.71. The maximum absolute atomic E-state index is 12.9. The Labute approximate surface area is 189 Å². The van der Waals surface area contributed by atoms with E-state index < -0.39 is 0 Å². The van der Waals surface area contributed by atoms with E-state index in [4.69, 9.17) is 9.47 Å². The lowest BCUT2D eigenvalue weighted by Gasteiger charge is -2.26. The standard InChI is InChI=1S/C23H33N5O4/c1-18(2)11-26-12-21(32-15-19-6-4-7-20(10-19)31-3)13-27(14-23(26)30)22(29)8-5-9-28-17-24-16-25-28/h4,6-7,10,16-18,21H,5,8-9,11-15H2,1-3H3/t21-/m0/s1. The van der Waals surface area contributed by atoms with Gasteiger partial charge in [0.2, 0.25) is 11.8 Å². The van der Waals surface area contributed by atoms with Crippen molar-refractivity contribution in [3.8, 4) is 5.75 Å². The molecule has 32 heavy (non-hydrogen) atoms. The number of rotatable bonds is 10. The van der Waals surface area contributed by atoms with Crippen molar-refractivity contribution in [2.45, 2.75) is 45.9 Å². The van der Waals surface area contributed by atoms with Gasteiger partial charge in [0.1, 0.15) is 18.4 Å². The third-order valence-corrected chi connectivity index (χ3v) is 5.33. The zero-order valence-electron chi connectivity index (χ0n) is 19.1. The molecule has 3 rings (SSSR count). The summed E-state index contributed by atoms with van der Waals surface area (Å²) in [5.74, 6) is 1.03. The maximum atomic E-state index is 12.9. The smallest absolute Gasteiger partial charge is 0.242 e. The molecule has 0 unspecified atom stereocenters. The minimum Gasteiger partial charge on any atom is -0.497 e. The second-order valence-corrected chi connectivity index (χ2v) is 8.51. The van der Waals surface area contributed by atoms with Crippen LogP contribution in [0.15, 0.2) is 36.9 Å². The van der Waals surface area contributed by atoms with Gasteiger partial charge >= 0.3 is 0 Å². The molecule has 0 N–H and O–H groups in total. The van der Waals surface area contributed by atoms with Crippen LogP contribution in [0.1, 0.15) is 32.3 Å². The van der Waals surface area contributed by atoms with E-state index in [1.54, 1.807) is 23.0 Å². The average molecular weight is 444 g/mol. The summed E-state index contributed by atoms with van der Waals surface area (Å²) in [6.07, 6.45) is 3.83. The highest BCUT2D eigenvalue weighted by atomic mass is 16.5. The first-order chi connectivity index (χ1) is 15.4. The number of benzene rings is 1. The Bertz CT molecular complexity index is 871. The van der Waals surface area contributed by atoms with E-state index in [9.17, 15) is 9.59 Å². The van der Waals surface area contributed by atoms with Gasteiger partial charge in [-0.05, 0) is 30.0 Å². The van der Waals surface area contributed by atoms with Gasteiger partial charge in [-0.2, -0.15) is 5.10 Å². The monoisotopic (exact) mass is 443 g/mol. The van der Waals surface area contributed by atoms with Crippen molar-refractivity contribution in [3.05, 3.63) is 42.5 Å². The van der Waals surface area contributed by atoms with Crippen molar-refractivity contribution >= 4 is 11.8 Å². The Morgan fingerprint density at radius 1 is 1.28 bits per heavy atom. The number of aromatic nitrogens is 3. The molecule has 2 heterocycles. The SMILES string of the molecule is COc1cccc(CO[C@@H]2CN(C(=O)CCCn3cncn3)CC(=O)N(CC(C)C)C2)c1. The van der Waals surface area contributed by atoms with E-state index in [2.05, 4.69) is 23.9 Å². The van der Waals surface area contributed by atoms with Crippen molar-refractivity contribution in [2.75, 3.05) is 33.3 Å². The lowest BCUT2D eigenvalue weighted by Crippen LogP contribution is -2.40. The van der Waals surface area contributed by atoms with E-state index in [1.807, 2.05) is 29.2 Å². The second-order valence-electron chi connectivity index (χ2n) is 8.51. The van der Waals surface area contributed by atoms with Crippen LogP contribution in [0.25, 0.3) is 0 Å². The molecule has 1 aromatic heterocycles. The van der Waals surface area contributed by atoms with Gasteiger partial charge in [0, 0.05) is 32.6 Å². The Hall–Kier alpha value is -2.94. The van der Waals surface area contributed by atoms with E-state index in [0.29, 0.717) is 51.5 Å². The predicted octanol–water partition coefficient (Wildman–Crippen LogP) is 1.98. The molecule has 2 aromatic rings. The van der Waals surface area contributed by atoms with Crippen molar-refractivity contribution < 1.29 is 19.1 Å². The fourth-order valence-electron chi connectivity index (χ4n) is 3.77. The number of nitrogens with zero attached hydrogens (tertiary/aromatic N) is 5. The summed E-state index contributed by atoms with van der Waals surface area (Å²) in [5.41, 5.74) is 0.987. The lowest BCUT2D eigenvalue weighted by atomic mass is 10.2. The Balaban J connectivity index is 1.63. The molecule has 9 heteroatoms. The summed E-state index contributed by atoms with van der Waals surface area (Å²) in [5, 5.41) is 4.06. The largest absolute Gasteiger partial charge is 0.497 e. The topological polar surface area (TPSA) is 89.8 Å². The highest BCUT2D eigenvalue weighted by molar-refractivity contribution is 5.85. The highest BCUT2D eigenvalue weighted by Gasteiger charge is 2.31. The van der Waals surface area contributed by atoms with E-state index >= 15 is 0 Å². The van der Waals surface area contributed by atoms with Crippen molar-refractivity contribution in [1.82, 2.24) is 24.6 Å². The Kier molecular flexibility index (Phi) is 8.61. The van der Waals surface area contributed by atoms with Gasteiger partial charge in [0.25, 0.3) is 0 Å². The number of carbonyl (C=O) groups excluding carboxylic acids is 2. The van der Waals surface area contributed by atoms with Crippen molar-refractivity contribution in [1.29, 1.82) is 0 Å². The number of amides is 2. The van der Waals surface area contributed by atoms with Crippen molar-refractivity contribution in [2.24, 2.45) is 5.92 Å².